The number of nitrogens with zero attached hydrogens (tertiary/aromatic N) is 1. The summed E-state index contributed by atoms with van der Waals surface area (Å²) in [5.41, 5.74) is 1.92. The first-order valence-electron chi connectivity index (χ1n) is 4.58. The van der Waals surface area contributed by atoms with E-state index < -0.39 is 11.2 Å². The van der Waals surface area contributed by atoms with E-state index in [1.54, 1.807) is 30.3 Å². The second-order valence-electron chi connectivity index (χ2n) is 3.22. The van der Waals surface area contributed by atoms with Gasteiger partial charge >= 0.3 is 0 Å². The molecule has 1 heterocycles. The Kier molecular flexibility index (Phi) is 2.97. The minimum atomic E-state index is -0.534. The molecule has 2 aromatic rings. The summed E-state index contributed by atoms with van der Waals surface area (Å²) < 4.78 is 12.6. The van der Waals surface area contributed by atoms with E-state index in [1.807, 2.05) is 0 Å². The molecule has 0 aliphatic rings. The highest BCUT2D eigenvalue weighted by molar-refractivity contribution is 6.67. The molecule has 0 aliphatic heterocycles. The van der Waals surface area contributed by atoms with E-state index in [0.29, 0.717) is 5.56 Å². The summed E-state index contributed by atoms with van der Waals surface area (Å²) in [4.78, 5) is 14.5. The summed E-state index contributed by atoms with van der Waals surface area (Å²) >= 11 is 5.37. The SMILES string of the molecule is O=C(Cl)c1cccc(-c2ccc(F)nc2)c1. The largest absolute Gasteiger partial charge is 0.276 e. The molecule has 1 aromatic carbocycles. The fourth-order valence-electron chi connectivity index (χ4n) is 1.37. The zero-order valence-corrected chi connectivity index (χ0v) is 8.91. The van der Waals surface area contributed by atoms with Gasteiger partial charge in [-0.15, -0.1) is 0 Å². The molecule has 2 rings (SSSR count). The second kappa shape index (κ2) is 4.41. The van der Waals surface area contributed by atoms with E-state index in [9.17, 15) is 9.18 Å². The van der Waals surface area contributed by atoms with Gasteiger partial charge in [-0.3, -0.25) is 4.79 Å². The van der Waals surface area contributed by atoms with Crippen LogP contribution in [0.1, 0.15) is 10.4 Å². The first kappa shape index (κ1) is 10.8. The van der Waals surface area contributed by atoms with Crippen molar-refractivity contribution < 1.29 is 9.18 Å². The molecule has 0 aliphatic carbocycles. The van der Waals surface area contributed by atoms with Crippen molar-refractivity contribution >= 4 is 16.8 Å². The third-order valence-electron chi connectivity index (χ3n) is 2.15. The van der Waals surface area contributed by atoms with Crippen LogP contribution in [0.5, 0.6) is 0 Å². The molecule has 0 amide bonds. The molecule has 0 N–H and O–H groups in total. The third kappa shape index (κ3) is 2.25. The summed E-state index contributed by atoms with van der Waals surface area (Å²) in [5, 5.41) is -0.517. The number of hydrogen-bond donors (Lipinski definition) is 0. The highest BCUT2D eigenvalue weighted by Gasteiger charge is 2.04. The van der Waals surface area contributed by atoms with Crippen molar-refractivity contribution in [3.8, 4) is 11.1 Å². The van der Waals surface area contributed by atoms with E-state index in [4.69, 9.17) is 11.6 Å². The molecule has 2 nitrogen and oxygen atoms in total. The molecule has 0 fully saturated rings. The first-order chi connectivity index (χ1) is 7.66. The van der Waals surface area contributed by atoms with Gasteiger partial charge in [0, 0.05) is 17.3 Å². The highest BCUT2D eigenvalue weighted by atomic mass is 35.5. The Balaban J connectivity index is 2.44. The average Bonchev–Trinajstić information content (AvgIpc) is 2.30. The van der Waals surface area contributed by atoms with E-state index in [-0.39, 0.29) is 0 Å². The molecule has 80 valence electrons. The maximum Gasteiger partial charge on any atom is 0.252 e. The predicted molar refractivity (Wildman–Crippen MR) is 59.8 cm³/mol. The number of pyridine rings is 1. The maximum absolute atomic E-state index is 12.6. The maximum atomic E-state index is 12.6. The summed E-state index contributed by atoms with van der Waals surface area (Å²) in [5.74, 6) is -0.534. The van der Waals surface area contributed by atoms with Gasteiger partial charge in [0.1, 0.15) is 0 Å². The number of rotatable bonds is 2. The normalized spacial score (nSPS) is 10.1. The van der Waals surface area contributed by atoms with Gasteiger partial charge in [-0.25, -0.2) is 4.98 Å². The van der Waals surface area contributed by atoms with Gasteiger partial charge in [0.25, 0.3) is 5.24 Å². The van der Waals surface area contributed by atoms with Crippen LogP contribution >= 0.6 is 11.6 Å². The molecule has 4 heteroatoms. The Labute approximate surface area is 96.7 Å². The zero-order valence-electron chi connectivity index (χ0n) is 8.15. The van der Waals surface area contributed by atoms with Crippen molar-refractivity contribution in [3.05, 3.63) is 54.1 Å². The van der Waals surface area contributed by atoms with Gasteiger partial charge in [0.2, 0.25) is 5.95 Å². The molecule has 0 spiro atoms. The summed E-state index contributed by atoms with van der Waals surface area (Å²) in [6.45, 7) is 0. The second-order valence-corrected chi connectivity index (χ2v) is 3.57. The quantitative estimate of drug-likeness (QED) is 0.591. The minimum absolute atomic E-state index is 0.406. The van der Waals surface area contributed by atoms with Crippen molar-refractivity contribution in [2.45, 2.75) is 0 Å². The lowest BCUT2D eigenvalue weighted by molar-refractivity contribution is 0.108. The number of benzene rings is 1. The first-order valence-corrected chi connectivity index (χ1v) is 4.96. The van der Waals surface area contributed by atoms with E-state index >= 15 is 0 Å². The standard InChI is InChI=1S/C12H7ClFNO/c13-12(16)9-3-1-2-8(6-9)10-4-5-11(14)15-7-10/h1-7H. The summed E-state index contributed by atoms with van der Waals surface area (Å²) in [7, 11) is 0. The third-order valence-corrected chi connectivity index (χ3v) is 2.37. The van der Waals surface area contributed by atoms with Crippen LogP contribution in [0.4, 0.5) is 4.39 Å². The van der Waals surface area contributed by atoms with Crippen LogP contribution in [0.2, 0.25) is 0 Å². The highest BCUT2D eigenvalue weighted by Crippen LogP contribution is 2.20. The van der Waals surface area contributed by atoms with Crippen molar-refractivity contribution in [3.63, 3.8) is 0 Å². The van der Waals surface area contributed by atoms with Gasteiger partial charge in [-0.05, 0) is 35.4 Å². The van der Waals surface area contributed by atoms with E-state index in [0.717, 1.165) is 11.1 Å². The molecule has 0 bridgehead atoms. The molecular formula is C12H7ClFNO. The molecule has 0 atom stereocenters. The Morgan fingerprint density at radius 1 is 1.19 bits per heavy atom. The van der Waals surface area contributed by atoms with E-state index in [2.05, 4.69) is 4.98 Å². The number of halogens is 2. The Morgan fingerprint density at radius 3 is 2.62 bits per heavy atom. The van der Waals surface area contributed by atoms with Gasteiger partial charge in [0.05, 0.1) is 0 Å². The van der Waals surface area contributed by atoms with Crippen LogP contribution in [-0.2, 0) is 0 Å². The van der Waals surface area contributed by atoms with Crippen molar-refractivity contribution in [1.82, 2.24) is 4.98 Å². The molecule has 0 saturated heterocycles. The van der Waals surface area contributed by atoms with E-state index in [1.165, 1.54) is 12.3 Å². The number of carbonyl (C=O) groups excluding carboxylic acids is 1. The number of carbonyl (C=O) groups is 1. The topological polar surface area (TPSA) is 30.0 Å². The van der Waals surface area contributed by atoms with Gasteiger partial charge in [-0.2, -0.15) is 4.39 Å². The molecule has 0 unspecified atom stereocenters. The van der Waals surface area contributed by atoms with Gasteiger partial charge in [0.15, 0.2) is 0 Å². The van der Waals surface area contributed by atoms with Crippen LogP contribution in [0.3, 0.4) is 0 Å². The van der Waals surface area contributed by atoms with Crippen molar-refractivity contribution in [2.75, 3.05) is 0 Å². The van der Waals surface area contributed by atoms with Crippen molar-refractivity contribution in [1.29, 1.82) is 0 Å². The average molecular weight is 236 g/mol. The molecule has 0 saturated carbocycles. The Hall–Kier alpha value is -1.74. The summed E-state index contributed by atoms with van der Waals surface area (Å²) in [6, 6.07) is 9.65. The summed E-state index contributed by atoms with van der Waals surface area (Å²) in [6.07, 6.45) is 1.41. The molecule has 1 aromatic heterocycles. The van der Waals surface area contributed by atoms with Crippen LogP contribution in [0.15, 0.2) is 42.6 Å². The van der Waals surface area contributed by atoms with Gasteiger partial charge < -0.3 is 0 Å². The van der Waals surface area contributed by atoms with Crippen molar-refractivity contribution in [2.24, 2.45) is 0 Å². The lowest BCUT2D eigenvalue weighted by Gasteiger charge is -2.02. The molecule has 16 heavy (non-hydrogen) atoms. The minimum Gasteiger partial charge on any atom is -0.276 e. The van der Waals surface area contributed by atoms with Crippen LogP contribution in [0.25, 0.3) is 11.1 Å². The van der Waals surface area contributed by atoms with Crippen LogP contribution in [-0.4, -0.2) is 10.2 Å². The Bertz CT molecular complexity index is 525. The number of hydrogen-bond acceptors (Lipinski definition) is 2. The smallest absolute Gasteiger partial charge is 0.252 e. The molecular weight excluding hydrogens is 229 g/mol. The fourth-order valence-corrected chi connectivity index (χ4v) is 1.49. The molecule has 0 radical (unpaired) electrons. The monoisotopic (exact) mass is 235 g/mol. The van der Waals surface area contributed by atoms with Crippen LogP contribution in [0, 0.1) is 5.95 Å². The van der Waals surface area contributed by atoms with Crippen LogP contribution < -0.4 is 0 Å². The Morgan fingerprint density at radius 2 is 2.00 bits per heavy atom. The lowest BCUT2D eigenvalue weighted by Crippen LogP contribution is -1.89. The predicted octanol–water partition coefficient (Wildman–Crippen LogP) is 3.27. The lowest BCUT2D eigenvalue weighted by atomic mass is 10.1. The number of aromatic nitrogens is 1. The zero-order chi connectivity index (χ0) is 11.5. The van der Waals surface area contributed by atoms with Gasteiger partial charge in [-0.1, -0.05) is 18.2 Å². The fraction of sp³-hybridized carbons (Fsp3) is 0.